The number of amides is 2. The number of furan rings is 1. The predicted octanol–water partition coefficient (Wildman–Crippen LogP) is 2.20. The quantitative estimate of drug-likeness (QED) is 0.918. The second-order valence-electron chi connectivity index (χ2n) is 5.48. The Kier molecular flexibility index (Phi) is 4.32. The molecule has 0 bridgehead atoms. The van der Waals surface area contributed by atoms with Crippen molar-refractivity contribution in [2.24, 2.45) is 0 Å². The molecule has 120 valence electrons. The predicted molar refractivity (Wildman–Crippen MR) is 84.1 cm³/mol. The first-order valence-corrected chi connectivity index (χ1v) is 7.44. The number of anilines is 1. The molecule has 0 saturated carbocycles. The van der Waals surface area contributed by atoms with E-state index < -0.39 is 0 Å². The third-order valence-corrected chi connectivity index (χ3v) is 3.73. The van der Waals surface area contributed by atoms with Crippen LogP contribution in [0.5, 0.6) is 5.75 Å². The first-order chi connectivity index (χ1) is 11.1. The van der Waals surface area contributed by atoms with Crippen molar-refractivity contribution in [1.82, 2.24) is 4.90 Å². The molecule has 1 aromatic carbocycles. The molecule has 1 aliphatic rings. The lowest BCUT2D eigenvalue weighted by Crippen LogP contribution is -2.30. The van der Waals surface area contributed by atoms with Crippen LogP contribution in [0.3, 0.4) is 0 Å². The summed E-state index contributed by atoms with van der Waals surface area (Å²) in [6, 6.07) is 9.04. The first-order valence-electron chi connectivity index (χ1n) is 7.44. The average molecular weight is 314 g/mol. The van der Waals surface area contributed by atoms with Crippen LogP contribution in [0.15, 0.2) is 41.0 Å². The van der Waals surface area contributed by atoms with Gasteiger partial charge in [-0.1, -0.05) is 0 Å². The fourth-order valence-electron chi connectivity index (χ4n) is 2.43. The van der Waals surface area contributed by atoms with Crippen LogP contribution >= 0.6 is 0 Å². The van der Waals surface area contributed by atoms with E-state index in [-0.39, 0.29) is 18.4 Å². The molecule has 1 aliphatic heterocycles. The molecule has 0 unspecified atom stereocenters. The lowest BCUT2D eigenvalue weighted by molar-refractivity contribution is -0.132. The molecule has 0 atom stereocenters. The number of carbonyl (C=O) groups excluding carboxylic acids is 2. The Balaban J connectivity index is 1.55. The van der Waals surface area contributed by atoms with Crippen molar-refractivity contribution in [1.29, 1.82) is 0 Å². The summed E-state index contributed by atoms with van der Waals surface area (Å²) in [5.74, 6) is 1.25. The summed E-state index contributed by atoms with van der Waals surface area (Å²) in [5, 5.41) is 2.81. The maximum atomic E-state index is 12.1. The molecule has 6 nitrogen and oxygen atoms in total. The van der Waals surface area contributed by atoms with Crippen LogP contribution in [0.2, 0.25) is 0 Å². The van der Waals surface area contributed by atoms with Gasteiger partial charge in [0.25, 0.3) is 5.91 Å². The molecule has 1 aromatic heterocycles. The second-order valence-corrected chi connectivity index (χ2v) is 5.48. The van der Waals surface area contributed by atoms with Gasteiger partial charge in [0.1, 0.15) is 11.5 Å². The number of nitrogens with zero attached hydrogens (tertiary/aromatic N) is 1. The highest BCUT2D eigenvalue weighted by atomic mass is 16.5. The summed E-state index contributed by atoms with van der Waals surface area (Å²) in [4.78, 5) is 25.0. The van der Waals surface area contributed by atoms with Gasteiger partial charge in [-0.05, 0) is 42.3 Å². The Morgan fingerprint density at radius 1 is 1.35 bits per heavy atom. The van der Waals surface area contributed by atoms with Crippen LogP contribution in [0.1, 0.15) is 17.7 Å². The van der Waals surface area contributed by atoms with Gasteiger partial charge in [0.15, 0.2) is 6.61 Å². The second kappa shape index (κ2) is 6.56. The van der Waals surface area contributed by atoms with Gasteiger partial charge >= 0.3 is 0 Å². The van der Waals surface area contributed by atoms with E-state index in [2.05, 4.69) is 5.32 Å². The molecule has 0 radical (unpaired) electrons. The number of aryl methyl sites for hydroxylation is 1. The Bertz CT molecular complexity index is 709. The highest BCUT2D eigenvalue weighted by Crippen LogP contribution is 2.26. The Morgan fingerprint density at radius 3 is 3.00 bits per heavy atom. The first kappa shape index (κ1) is 15.1. The number of hydrogen-bond acceptors (Lipinski definition) is 4. The summed E-state index contributed by atoms with van der Waals surface area (Å²) >= 11 is 0. The van der Waals surface area contributed by atoms with Crippen molar-refractivity contribution < 1.29 is 18.7 Å². The van der Waals surface area contributed by atoms with E-state index in [1.54, 1.807) is 36.4 Å². The van der Waals surface area contributed by atoms with Crippen LogP contribution < -0.4 is 10.1 Å². The minimum atomic E-state index is -0.132. The molecule has 1 N–H and O–H groups in total. The van der Waals surface area contributed by atoms with Gasteiger partial charge < -0.3 is 19.4 Å². The Morgan fingerprint density at radius 2 is 2.22 bits per heavy atom. The summed E-state index contributed by atoms with van der Waals surface area (Å²) in [5.41, 5.74) is 1.84. The number of fused-ring (bicyclic) bond motifs is 1. The fraction of sp³-hybridized carbons (Fsp3) is 0.294. The maximum Gasteiger partial charge on any atom is 0.260 e. The Labute approximate surface area is 134 Å². The zero-order valence-corrected chi connectivity index (χ0v) is 12.9. The standard InChI is InChI=1S/C17H18N2O4/c1-19(10-14-3-2-8-22-14)17(21)11-23-13-5-6-15-12(9-13)4-7-16(20)18-15/h2-3,5-6,8-9H,4,7,10-11H2,1H3,(H,18,20). The number of carbonyl (C=O) groups is 2. The van der Waals surface area contributed by atoms with Crippen LogP contribution in [-0.2, 0) is 22.6 Å². The number of benzene rings is 1. The molecule has 2 aromatic rings. The van der Waals surface area contributed by atoms with E-state index in [0.717, 1.165) is 17.0 Å². The molecular weight excluding hydrogens is 296 g/mol. The van der Waals surface area contributed by atoms with Crippen molar-refractivity contribution in [3.63, 3.8) is 0 Å². The molecule has 0 fully saturated rings. The van der Waals surface area contributed by atoms with Gasteiger partial charge in [-0.3, -0.25) is 9.59 Å². The number of rotatable bonds is 5. The third kappa shape index (κ3) is 3.71. The summed E-state index contributed by atoms with van der Waals surface area (Å²) in [6.07, 6.45) is 2.74. The SMILES string of the molecule is CN(Cc1ccco1)C(=O)COc1ccc2c(c1)CCC(=O)N2. The normalized spacial score (nSPS) is 13.2. The van der Waals surface area contributed by atoms with E-state index in [0.29, 0.717) is 25.1 Å². The van der Waals surface area contributed by atoms with E-state index in [9.17, 15) is 9.59 Å². The molecule has 3 rings (SSSR count). The van der Waals surface area contributed by atoms with Gasteiger partial charge in [0, 0.05) is 19.2 Å². The van der Waals surface area contributed by atoms with Crippen LogP contribution in [-0.4, -0.2) is 30.4 Å². The molecular formula is C17H18N2O4. The van der Waals surface area contributed by atoms with Gasteiger partial charge in [-0.25, -0.2) is 0 Å². The lowest BCUT2D eigenvalue weighted by Gasteiger charge is -2.19. The summed E-state index contributed by atoms with van der Waals surface area (Å²) in [7, 11) is 1.70. The molecule has 0 aliphatic carbocycles. The Hall–Kier alpha value is -2.76. The van der Waals surface area contributed by atoms with Crippen LogP contribution in [0, 0.1) is 0 Å². The zero-order valence-electron chi connectivity index (χ0n) is 12.9. The van der Waals surface area contributed by atoms with Crippen LogP contribution in [0.25, 0.3) is 0 Å². The van der Waals surface area contributed by atoms with Crippen LogP contribution in [0.4, 0.5) is 5.69 Å². The van der Waals surface area contributed by atoms with Crippen molar-refractivity contribution in [2.75, 3.05) is 19.0 Å². The van der Waals surface area contributed by atoms with Crippen molar-refractivity contribution in [2.45, 2.75) is 19.4 Å². The highest BCUT2D eigenvalue weighted by molar-refractivity contribution is 5.94. The monoisotopic (exact) mass is 314 g/mol. The molecule has 0 saturated heterocycles. The zero-order chi connectivity index (χ0) is 16.2. The highest BCUT2D eigenvalue weighted by Gasteiger charge is 2.16. The van der Waals surface area contributed by atoms with Gasteiger partial charge in [0.2, 0.25) is 5.91 Å². The minimum absolute atomic E-state index is 0.0286. The smallest absolute Gasteiger partial charge is 0.260 e. The molecule has 23 heavy (non-hydrogen) atoms. The van der Waals surface area contributed by atoms with E-state index >= 15 is 0 Å². The summed E-state index contributed by atoms with van der Waals surface area (Å²) < 4.78 is 10.8. The van der Waals surface area contributed by atoms with Crippen molar-refractivity contribution in [3.05, 3.63) is 47.9 Å². The number of nitrogens with one attached hydrogen (secondary N) is 1. The lowest BCUT2D eigenvalue weighted by atomic mass is 10.0. The maximum absolute atomic E-state index is 12.1. The number of likely N-dealkylation sites (N-methyl/N-ethyl adjacent to an activating group) is 1. The van der Waals surface area contributed by atoms with E-state index in [4.69, 9.17) is 9.15 Å². The fourth-order valence-corrected chi connectivity index (χ4v) is 2.43. The third-order valence-electron chi connectivity index (χ3n) is 3.73. The van der Waals surface area contributed by atoms with Crippen molar-refractivity contribution >= 4 is 17.5 Å². The number of hydrogen-bond donors (Lipinski definition) is 1. The van der Waals surface area contributed by atoms with Gasteiger partial charge in [0.05, 0.1) is 12.8 Å². The molecule has 2 heterocycles. The van der Waals surface area contributed by atoms with Gasteiger partial charge in [-0.2, -0.15) is 0 Å². The van der Waals surface area contributed by atoms with Crippen molar-refractivity contribution in [3.8, 4) is 5.75 Å². The average Bonchev–Trinajstić information content (AvgIpc) is 3.05. The molecule has 0 spiro atoms. The summed E-state index contributed by atoms with van der Waals surface area (Å²) in [6.45, 7) is 0.369. The topological polar surface area (TPSA) is 71.8 Å². The van der Waals surface area contributed by atoms with E-state index in [1.165, 1.54) is 0 Å². The largest absolute Gasteiger partial charge is 0.484 e. The molecule has 6 heteroatoms. The molecule has 2 amide bonds. The van der Waals surface area contributed by atoms with E-state index in [1.807, 2.05) is 12.1 Å². The number of ether oxygens (including phenoxy) is 1. The van der Waals surface area contributed by atoms with Gasteiger partial charge in [-0.15, -0.1) is 0 Å². The minimum Gasteiger partial charge on any atom is -0.484 e.